The lowest BCUT2D eigenvalue weighted by Crippen LogP contribution is -2.35. The molecule has 3 nitrogen and oxygen atoms in total. The molecule has 0 spiro atoms. The van der Waals surface area contributed by atoms with Crippen LogP contribution in [-0.4, -0.2) is 39.0 Å². The maximum absolute atomic E-state index is 5.45. The van der Waals surface area contributed by atoms with E-state index in [1.165, 1.54) is 25.7 Å². The predicted octanol–water partition coefficient (Wildman–Crippen LogP) is 2.35. The van der Waals surface area contributed by atoms with E-state index in [2.05, 4.69) is 12.2 Å². The van der Waals surface area contributed by atoms with E-state index < -0.39 is 0 Å². The summed E-state index contributed by atoms with van der Waals surface area (Å²) in [6, 6.07) is 0.706. The van der Waals surface area contributed by atoms with Crippen LogP contribution in [0.15, 0.2) is 0 Å². The predicted molar refractivity (Wildman–Crippen MR) is 66.8 cm³/mol. The van der Waals surface area contributed by atoms with Crippen molar-refractivity contribution in [1.82, 2.24) is 5.32 Å². The molecule has 0 aliphatic heterocycles. The maximum Gasteiger partial charge on any atom is 0.0572 e. The van der Waals surface area contributed by atoms with E-state index in [0.717, 1.165) is 32.6 Å². The van der Waals surface area contributed by atoms with Crippen molar-refractivity contribution in [3.8, 4) is 0 Å². The minimum absolute atomic E-state index is 0.505. The third kappa shape index (κ3) is 5.83. The summed E-state index contributed by atoms with van der Waals surface area (Å²) in [5.74, 6) is 0. The highest BCUT2D eigenvalue weighted by Gasteiger charge is 2.19. The molecule has 1 rings (SSSR count). The Morgan fingerprint density at radius 1 is 1.12 bits per heavy atom. The summed E-state index contributed by atoms with van der Waals surface area (Å²) < 4.78 is 10.8. The maximum atomic E-state index is 5.45. The lowest BCUT2D eigenvalue weighted by atomic mass is 9.93. The standard InChI is InChI=1S/C13H27NO2/c1-3-10-16-11-4-9-14-12-5-7-13(15-2)8-6-12/h12-14H,3-11H2,1-2H3. The second kappa shape index (κ2) is 8.97. The Kier molecular flexibility index (Phi) is 7.81. The van der Waals surface area contributed by atoms with E-state index in [1.54, 1.807) is 0 Å². The molecule has 0 amide bonds. The first-order valence-corrected chi connectivity index (χ1v) is 6.70. The van der Waals surface area contributed by atoms with Crippen molar-refractivity contribution >= 4 is 0 Å². The fourth-order valence-corrected chi connectivity index (χ4v) is 2.23. The van der Waals surface area contributed by atoms with Crippen molar-refractivity contribution in [1.29, 1.82) is 0 Å². The first-order valence-electron chi connectivity index (χ1n) is 6.70. The zero-order chi connectivity index (χ0) is 11.6. The summed E-state index contributed by atoms with van der Waals surface area (Å²) in [6.45, 7) is 5.03. The molecule has 0 saturated heterocycles. The minimum atomic E-state index is 0.505. The molecule has 1 aliphatic rings. The van der Waals surface area contributed by atoms with Crippen LogP contribution in [0.2, 0.25) is 0 Å². The summed E-state index contributed by atoms with van der Waals surface area (Å²) in [5, 5.41) is 3.61. The minimum Gasteiger partial charge on any atom is -0.381 e. The molecule has 0 atom stereocenters. The zero-order valence-corrected chi connectivity index (χ0v) is 10.8. The number of rotatable bonds is 8. The van der Waals surface area contributed by atoms with Gasteiger partial charge in [0.1, 0.15) is 0 Å². The average molecular weight is 229 g/mol. The van der Waals surface area contributed by atoms with E-state index in [4.69, 9.17) is 9.47 Å². The Morgan fingerprint density at radius 3 is 2.50 bits per heavy atom. The van der Waals surface area contributed by atoms with Gasteiger partial charge < -0.3 is 14.8 Å². The van der Waals surface area contributed by atoms with Crippen molar-refractivity contribution in [2.24, 2.45) is 0 Å². The smallest absolute Gasteiger partial charge is 0.0572 e. The Bertz CT molecular complexity index is 156. The Morgan fingerprint density at radius 2 is 1.88 bits per heavy atom. The van der Waals surface area contributed by atoms with Crippen LogP contribution in [-0.2, 0) is 9.47 Å². The molecule has 16 heavy (non-hydrogen) atoms. The SMILES string of the molecule is CCCOCCCNC1CCC(OC)CC1. The van der Waals surface area contributed by atoms with Gasteiger partial charge in [-0.2, -0.15) is 0 Å². The Balaban J connectivity index is 1.90. The van der Waals surface area contributed by atoms with Crippen LogP contribution in [0.25, 0.3) is 0 Å². The first-order chi connectivity index (χ1) is 7.86. The van der Waals surface area contributed by atoms with Gasteiger partial charge in [-0.25, -0.2) is 0 Å². The van der Waals surface area contributed by atoms with Crippen molar-refractivity contribution in [3.63, 3.8) is 0 Å². The third-order valence-electron chi connectivity index (χ3n) is 3.25. The van der Waals surface area contributed by atoms with Crippen molar-refractivity contribution in [2.75, 3.05) is 26.9 Å². The van der Waals surface area contributed by atoms with Gasteiger partial charge in [0.15, 0.2) is 0 Å². The van der Waals surface area contributed by atoms with Crippen molar-refractivity contribution in [2.45, 2.75) is 57.6 Å². The second-order valence-corrected chi connectivity index (χ2v) is 4.63. The van der Waals surface area contributed by atoms with Gasteiger partial charge in [0.25, 0.3) is 0 Å². The largest absolute Gasteiger partial charge is 0.381 e. The molecule has 0 bridgehead atoms. The van der Waals surface area contributed by atoms with E-state index >= 15 is 0 Å². The summed E-state index contributed by atoms with van der Waals surface area (Å²) in [5.41, 5.74) is 0. The van der Waals surface area contributed by atoms with Crippen LogP contribution in [0.3, 0.4) is 0 Å². The van der Waals surface area contributed by atoms with Gasteiger partial charge in [-0.15, -0.1) is 0 Å². The van der Waals surface area contributed by atoms with Gasteiger partial charge in [0, 0.05) is 26.4 Å². The Hall–Kier alpha value is -0.120. The zero-order valence-electron chi connectivity index (χ0n) is 10.8. The molecular formula is C13H27NO2. The number of hydrogen-bond acceptors (Lipinski definition) is 3. The van der Waals surface area contributed by atoms with Gasteiger partial charge >= 0.3 is 0 Å². The van der Waals surface area contributed by atoms with Crippen molar-refractivity contribution < 1.29 is 9.47 Å². The van der Waals surface area contributed by atoms with Gasteiger partial charge in [0.2, 0.25) is 0 Å². The molecule has 1 saturated carbocycles. The van der Waals surface area contributed by atoms with Crippen LogP contribution in [0, 0.1) is 0 Å². The molecule has 3 heteroatoms. The molecule has 0 radical (unpaired) electrons. The molecule has 0 aromatic rings. The van der Waals surface area contributed by atoms with Gasteiger partial charge in [0.05, 0.1) is 6.10 Å². The van der Waals surface area contributed by atoms with Crippen LogP contribution < -0.4 is 5.32 Å². The normalized spacial score (nSPS) is 25.9. The summed E-state index contributed by atoms with van der Waals surface area (Å²) in [6.07, 6.45) is 7.69. The van der Waals surface area contributed by atoms with E-state index in [9.17, 15) is 0 Å². The summed E-state index contributed by atoms with van der Waals surface area (Å²) in [4.78, 5) is 0. The average Bonchev–Trinajstić information content (AvgIpc) is 2.34. The van der Waals surface area contributed by atoms with Gasteiger partial charge in [-0.05, 0) is 45.1 Å². The van der Waals surface area contributed by atoms with Gasteiger partial charge in [-0.1, -0.05) is 6.92 Å². The summed E-state index contributed by atoms with van der Waals surface area (Å²) in [7, 11) is 1.82. The number of methoxy groups -OCH3 is 1. The number of hydrogen-bond donors (Lipinski definition) is 1. The fourth-order valence-electron chi connectivity index (χ4n) is 2.23. The highest BCUT2D eigenvalue weighted by molar-refractivity contribution is 4.77. The lowest BCUT2D eigenvalue weighted by Gasteiger charge is -2.28. The molecule has 1 aliphatic carbocycles. The first kappa shape index (κ1) is 13.9. The molecule has 0 unspecified atom stereocenters. The second-order valence-electron chi connectivity index (χ2n) is 4.63. The highest BCUT2D eigenvalue weighted by atomic mass is 16.5. The van der Waals surface area contributed by atoms with E-state index in [0.29, 0.717) is 12.1 Å². The fraction of sp³-hybridized carbons (Fsp3) is 1.00. The molecule has 1 N–H and O–H groups in total. The number of ether oxygens (including phenoxy) is 2. The molecule has 0 aromatic carbocycles. The van der Waals surface area contributed by atoms with E-state index in [1.807, 2.05) is 7.11 Å². The van der Waals surface area contributed by atoms with Crippen LogP contribution >= 0.6 is 0 Å². The lowest BCUT2D eigenvalue weighted by molar-refractivity contribution is 0.0620. The molecule has 0 aromatic heterocycles. The molecule has 1 fully saturated rings. The topological polar surface area (TPSA) is 30.5 Å². The number of nitrogens with one attached hydrogen (secondary N) is 1. The Labute approximate surface area is 99.9 Å². The third-order valence-corrected chi connectivity index (χ3v) is 3.25. The van der Waals surface area contributed by atoms with Crippen LogP contribution in [0.5, 0.6) is 0 Å². The van der Waals surface area contributed by atoms with E-state index in [-0.39, 0.29) is 0 Å². The van der Waals surface area contributed by atoms with Gasteiger partial charge in [-0.3, -0.25) is 0 Å². The van der Waals surface area contributed by atoms with Crippen molar-refractivity contribution in [3.05, 3.63) is 0 Å². The molecule has 0 heterocycles. The molecular weight excluding hydrogens is 202 g/mol. The van der Waals surface area contributed by atoms with Crippen LogP contribution in [0.1, 0.15) is 45.4 Å². The quantitative estimate of drug-likeness (QED) is 0.648. The van der Waals surface area contributed by atoms with Crippen LogP contribution in [0.4, 0.5) is 0 Å². The monoisotopic (exact) mass is 229 g/mol. The molecule has 96 valence electrons. The summed E-state index contributed by atoms with van der Waals surface area (Å²) >= 11 is 0. The highest BCUT2D eigenvalue weighted by Crippen LogP contribution is 2.20.